The number of hydrogen-bond acceptors (Lipinski definition) is 9. The quantitative estimate of drug-likeness (QED) is 0.174. The molecule has 0 saturated heterocycles. The summed E-state index contributed by atoms with van der Waals surface area (Å²) in [6, 6.07) is 20.7. The van der Waals surface area contributed by atoms with Crippen LogP contribution in [0.5, 0.6) is 23.0 Å². The number of aromatic nitrogens is 3. The minimum atomic E-state index is -0.314. The van der Waals surface area contributed by atoms with Crippen molar-refractivity contribution in [2.45, 2.75) is 5.16 Å². The Hall–Kier alpha value is -4.51. The van der Waals surface area contributed by atoms with Crippen molar-refractivity contribution in [3.8, 4) is 40.1 Å². The fourth-order valence-corrected chi connectivity index (χ4v) is 4.34. The van der Waals surface area contributed by atoms with Gasteiger partial charge in [-0.05, 0) is 36.4 Å². The third-order valence-corrected chi connectivity index (χ3v) is 6.39. The number of carbonyl (C=O) groups is 1. The van der Waals surface area contributed by atoms with E-state index in [1.807, 2.05) is 59.2 Å². The maximum Gasteiger partial charge on any atom is 0.250 e. The van der Waals surface area contributed by atoms with Gasteiger partial charge in [0.05, 0.1) is 46.0 Å². The Morgan fingerprint density at radius 1 is 0.895 bits per heavy atom. The van der Waals surface area contributed by atoms with Gasteiger partial charge < -0.3 is 18.9 Å². The highest BCUT2D eigenvalue weighted by Crippen LogP contribution is 2.33. The van der Waals surface area contributed by atoms with Crippen LogP contribution in [0.25, 0.3) is 17.1 Å². The number of thioether (sulfide) groups is 1. The van der Waals surface area contributed by atoms with Gasteiger partial charge in [0.1, 0.15) is 23.0 Å². The summed E-state index contributed by atoms with van der Waals surface area (Å²) in [5.41, 5.74) is 4.85. The molecule has 4 aromatic rings. The van der Waals surface area contributed by atoms with Gasteiger partial charge in [-0.3, -0.25) is 9.36 Å². The van der Waals surface area contributed by atoms with Crippen LogP contribution in [-0.4, -0.2) is 61.1 Å². The van der Waals surface area contributed by atoms with Crippen LogP contribution in [0.2, 0.25) is 0 Å². The van der Waals surface area contributed by atoms with Crippen molar-refractivity contribution in [2.75, 3.05) is 34.2 Å². The van der Waals surface area contributed by atoms with Gasteiger partial charge >= 0.3 is 0 Å². The molecule has 0 aliphatic carbocycles. The molecule has 1 aromatic heterocycles. The zero-order valence-corrected chi connectivity index (χ0v) is 22.2. The van der Waals surface area contributed by atoms with E-state index in [0.29, 0.717) is 33.8 Å². The standard InChI is InChI=1S/C27H27N5O5S/c1-34-20-12-10-18(11-13-20)26-30-31-27(32(26)19-8-6-5-7-9-19)38-17-25(33)29-28-16-22-23(36-3)14-21(35-2)15-24(22)37-4/h5-16H,17H2,1-4H3,(H,29,33). The molecule has 0 aliphatic heterocycles. The SMILES string of the molecule is COc1ccc(-c2nnc(SCC(=O)NN=Cc3c(OC)cc(OC)cc3OC)n2-c2ccccc2)cc1. The summed E-state index contributed by atoms with van der Waals surface area (Å²) >= 11 is 1.25. The van der Waals surface area contributed by atoms with Crippen LogP contribution in [0.1, 0.15) is 5.56 Å². The number of hydrogen-bond donors (Lipinski definition) is 1. The number of amides is 1. The van der Waals surface area contributed by atoms with E-state index in [2.05, 4.69) is 20.7 Å². The average molecular weight is 534 g/mol. The summed E-state index contributed by atoms with van der Waals surface area (Å²) in [5.74, 6) is 2.72. The third kappa shape index (κ3) is 6.06. The lowest BCUT2D eigenvalue weighted by Gasteiger charge is -2.12. The predicted octanol–water partition coefficient (Wildman–Crippen LogP) is 4.21. The Morgan fingerprint density at radius 2 is 1.55 bits per heavy atom. The monoisotopic (exact) mass is 533 g/mol. The molecular weight excluding hydrogens is 506 g/mol. The van der Waals surface area contributed by atoms with E-state index >= 15 is 0 Å². The van der Waals surface area contributed by atoms with Crippen molar-refractivity contribution in [1.82, 2.24) is 20.2 Å². The highest BCUT2D eigenvalue weighted by Gasteiger charge is 2.17. The number of para-hydroxylation sites is 1. The van der Waals surface area contributed by atoms with Crippen molar-refractivity contribution in [3.05, 3.63) is 72.3 Å². The molecule has 0 aliphatic rings. The van der Waals surface area contributed by atoms with Crippen molar-refractivity contribution in [1.29, 1.82) is 0 Å². The molecule has 38 heavy (non-hydrogen) atoms. The first-order chi connectivity index (χ1) is 18.6. The smallest absolute Gasteiger partial charge is 0.250 e. The molecule has 0 bridgehead atoms. The lowest BCUT2D eigenvalue weighted by atomic mass is 10.2. The topological polar surface area (TPSA) is 109 Å². The second-order valence-corrected chi connectivity index (χ2v) is 8.68. The minimum Gasteiger partial charge on any atom is -0.497 e. The molecule has 0 radical (unpaired) electrons. The Balaban J connectivity index is 1.50. The second-order valence-electron chi connectivity index (χ2n) is 7.73. The van der Waals surface area contributed by atoms with E-state index in [1.54, 1.807) is 26.4 Å². The van der Waals surface area contributed by atoms with Gasteiger partial charge in [-0.1, -0.05) is 30.0 Å². The first-order valence-corrected chi connectivity index (χ1v) is 12.5. The molecule has 4 rings (SSSR count). The van der Waals surface area contributed by atoms with Crippen LogP contribution >= 0.6 is 11.8 Å². The Bertz CT molecular complexity index is 1380. The van der Waals surface area contributed by atoms with Crippen molar-refractivity contribution >= 4 is 23.9 Å². The fraction of sp³-hybridized carbons (Fsp3) is 0.185. The highest BCUT2D eigenvalue weighted by atomic mass is 32.2. The number of benzene rings is 3. The van der Waals surface area contributed by atoms with Gasteiger partial charge in [-0.2, -0.15) is 5.10 Å². The molecule has 11 heteroatoms. The van der Waals surface area contributed by atoms with Crippen LogP contribution < -0.4 is 24.4 Å². The van der Waals surface area contributed by atoms with Crippen LogP contribution in [0, 0.1) is 0 Å². The number of nitrogens with zero attached hydrogens (tertiary/aromatic N) is 4. The summed E-state index contributed by atoms with van der Waals surface area (Å²) in [4.78, 5) is 12.6. The Labute approximate surface area is 224 Å². The Kier molecular flexibility index (Phi) is 8.83. The summed E-state index contributed by atoms with van der Waals surface area (Å²) < 4.78 is 23.2. The van der Waals surface area contributed by atoms with Crippen molar-refractivity contribution in [3.63, 3.8) is 0 Å². The normalized spacial score (nSPS) is 10.8. The lowest BCUT2D eigenvalue weighted by molar-refractivity contribution is -0.118. The lowest BCUT2D eigenvalue weighted by Crippen LogP contribution is -2.20. The van der Waals surface area contributed by atoms with Gasteiger partial charge in [-0.25, -0.2) is 5.43 Å². The second kappa shape index (κ2) is 12.6. The summed E-state index contributed by atoms with van der Waals surface area (Å²) in [6.07, 6.45) is 1.47. The van der Waals surface area contributed by atoms with Gasteiger partial charge in [0.25, 0.3) is 5.91 Å². The van der Waals surface area contributed by atoms with Crippen molar-refractivity contribution in [2.24, 2.45) is 5.10 Å². The Morgan fingerprint density at radius 3 is 2.16 bits per heavy atom. The van der Waals surface area contributed by atoms with E-state index in [9.17, 15) is 4.79 Å². The molecule has 0 saturated carbocycles. The third-order valence-electron chi connectivity index (χ3n) is 5.46. The van der Waals surface area contributed by atoms with Crippen LogP contribution in [0.4, 0.5) is 0 Å². The van der Waals surface area contributed by atoms with E-state index < -0.39 is 0 Å². The molecule has 1 amide bonds. The zero-order valence-electron chi connectivity index (χ0n) is 21.4. The molecular formula is C27H27N5O5S. The number of hydrazone groups is 1. The van der Waals surface area contributed by atoms with Gasteiger partial charge in [0.2, 0.25) is 0 Å². The maximum absolute atomic E-state index is 12.6. The molecule has 0 fully saturated rings. The summed E-state index contributed by atoms with van der Waals surface area (Å²) in [5, 5.41) is 13.4. The highest BCUT2D eigenvalue weighted by molar-refractivity contribution is 7.99. The van der Waals surface area contributed by atoms with E-state index in [4.69, 9.17) is 18.9 Å². The number of methoxy groups -OCH3 is 4. The minimum absolute atomic E-state index is 0.0712. The van der Waals surface area contributed by atoms with Crippen LogP contribution in [0.15, 0.2) is 77.0 Å². The molecule has 0 atom stereocenters. The number of carbonyl (C=O) groups excluding carboxylic acids is 1. The van der Waals surface area contributed by atoms with Crippen molar-refractivity contribution < 1.29 is 23.7 Å². The largest absolute Gasteiger partial charge is 0.497 e. The number of ether oxygens (including phenoxy) is 4. The molecule has 1 heterocycles. The molecule has 1 N–H and O–H groups in total. The van der Waals surface area contributed by atoms with E-state index in [0.717, 1.165) is 17.0 Å². The first-order valence-electron chi connectivity index (χ1n) is 11.5. The van der Waals surface area contributed by atoms with Crippen LogP contribution in [-0.2, 0) is 4.79 Å². The molecule has 0 unspecified atom stereocenters. The first kappa shape index (κ1) is 26.6. The number of nitrogens with one attached hydrogen (secondary N) is 1. The van der Waals surface area contributed by atoms with Gasteiger partial charge in [0, 0.05) is 23.4 Å². The van der Waals surface area contributed by atoms with E-state index in [1.165, 1.54) is 32.2 Å². The summed E-state index contributed by atoms with van der Waals surface area (Å²) in [6.45, 7) is 0. The summed E-state index contributed by atoms with van der Waals surface area (Å²) in [7, 11) is 6.24. The molecule has 0 spiro atoms. The van der Waals surface area contributed by atoms with E-state index in [-0.39, 0.29) is 11.7 Å². The number of rotatable bonds is 11. The average Bonchev–Trinajstić information content (AvgIpc) is 3.40. The predicted molar refractivity (Wildman–Crippen MR) is 146 cm³/mol. The van der Waals surface area contributed by atoms with Gasteiger partial charge in [0.15, 0.2) is 11.0 Å². The fourth-order valence-electron chi connectivity index (χ4n) is 3.59. The molecule has 10 nitrogen and oxygen atoms in total. The maximum atomic E-state index is 12.6. The zero-order chi connectivity index (χ0) is 26.9. The molecule has 196 valence electrons. The molecule has 3 aromatic carbocycles. The van der Waals surface area contributed by atoms with Gasteiger partial charge in [-0.15, -0.1) is 10.2 Å². The van der Waals surface area contributed by atoms with Crippen LogP contribution in [0.3, 0.4) is 0 Å².